The minimum atomic E-state index is -1.01. The Morgan fingerprint density at radius 2 is 1.82 bits per heavy atom. The third-order valence-corrected chi connectivity index (χ3v) is 4.28. The number of carbonyl (C=O) groups is 2. The fraction of sp³-hybridized carbons (Fsp3) is 0.529. The Morgan fingerprint density at radius 3 is 2.36 bits per heavy atom. The van der Waals surface area contributed by atoms with Gasteiger partial charge in [0.25, 0.3) is 0 Å². The molecule has 1 aromatic carbocycles. The first-order valence-corrected chi connectivity index (χ1v) is 7.84. The number of benzene rings is 1. The van der Waals surface area contributed by atoms with E-state index in [0.717, 1.165) is 31.6 Å². The van der Waals surface area contributed by atoms with Gasteiger partial charge < -0.3 is 15.2 Å². The summed E-state index contributed by atoms with van der Waals surface area (Å²) in [6.45, 7) is 1.84. The number of hydrogen-bond donors (Lipinski definition) is 2. The largest absolute Gasteiger partial charge is 0.482 e. The molecule has 0 saturated heterocycles. The lowest BCUT2D eigenvalue weighted by Crippen LogP contribution is -2.27. The van der Waals surface area contributed by atoms with Gasteiger partial charge >= 0.3 is 5.97 Å². The topological polar surface area (TPSA) is 75.6 Å². The van der Waals surface area contributed by atoms with Gasteiger partial charge in [0.2, 0.25) is 5.91 Å². The number of ether oxygens (including phenoxy) is 1. The fourth-order valence-electron chi connectivity index (χ4n) is 2.86. The summed E-state index contributed by atoms with van der Waals surface area (Å²) in [6, 6.07) is 6.78. The summed E-state index contributed by atoms with van der Waals surface area (Å²) in [5.74, 6) is 0.415. The van der Waals surface area contributed by atoms with E-state index in [9.17, 15) is 9.59 Å². The summed E-state index contributed by atoms with van der Waals surface area (Å²) in [7, 11) is 0. The fourth-order valence-corrected chi connectivity index (χ4v) is 2.86. The number of carbonyl (C=O) groups excluding carboxylic acids is 1. The highest BCUT2D eigenvalue weighted by Gasteiger charge is 2.25. The summed E-state index contributed by atoms with van der Waals surface area (Å²) in [5, 5.41) is 11.5. The molecule has 0 spiro atoms. The second kappa shape index (κ2) is 7.82. The average molecular weight is 305 g/mol. The molecule has 5 nitrogen and oxygen atoms in total. The zero-order chi connectivity index (χ0) is 15.9. The Labute approximate surface area is 130 Å². The lowest BCUT2D eigenvalue weighted by molar-refractivity contribution is -0.139. The Hall–Kier alpha value is -2.04. The SMILES string of the molecule is CCC1CCC(C(=O)Nc2ccc(OCC(=O)O)cc2)CC1. The molecule has 1 aliphatic carbocycles. The van der Waals surface area contributed by atoms with Crippen molar-refractivity contribution in [3.8, 4) is 5.75 Å². The smallest absolute Gasteiger partial charge is 0.341 e. The van der Waals surface area contributed by atoms with Crippen molar-refractivity contribution in [2.45, 2.75) is 39.0 Å². The van der Waals surface area contributed by atoms with Crippen LogP contribution in [-0.4, -0.2) is 23.6 Å². The number of anilines is 1. The van der Waals surface area contributed by atoms with Gasteiger partial charge in [-0.1, -0.05) is 13.3 Å². The zero-order valence-electron chi connectivity index (χ0n) is 12.9. The normalized spacial score (nSPS) is 21.1. The minimum Gasteiger partial charge on any atom is -0.482 e. The molecule has 1 fully saturated rings. The number of nitrogens with one attached hydrogen (secondary N) is 1. The molecular weight excluding hydrogens is 282 g/mol. The van der Waals surface area contributed by atoms with Gasteiger partial charge in [-0.3, -0.25) is 4.79 Å². The first-order chi connectivity index (χ1) is 10.6. The minimum absolute atomic E-state index is 0.0776. The summed E-state index contributed by atoms with van der Waals surface area (Å²) in [6.07, 6.45) is 5.40. The number of rotatable bonds is 6. The van der Waals surface area contributed by atoms with Crippen LogP contribution in [0.15, 0.2) is 24.3 Å². The van der Waals surface area contributed by atoms with Crippen molar-refractivity contribution in [3.63, 3.8) is 0 Å². The maximum atomic E-state index is 12.2. The zero-order valence-corrected chi connectivity index (χ0v) is 12.9. The van der Waals surface area contributed by atoms with Gasteiger partial charge in [0.15, 0.2) is 6.61 Å². The summed E-state index contributed by atoms with van der Waals surface area (Å²) in [5.41, 5.74) is 0.713. The van der Waals surface area contributed by atoms with Crippen molar-refractivity contribution in [1.29, 1.82) is 0 Å². The molecule has 0 radical (unpaired) electrons. The van der Waals surface area contributed by atoms with Crippen LogP contribution in [0.1, 0.15) is 39.0 Å². The molecule has 1 saturated carbocycles. The predicted octanol–water partition coefficient (Wildman–Crippen LogP) is 3.30. The second-order valence-electron chi connectivity index (χ2n) is 5.82. The van der Waals surface area contributed by atoms with E-state index in [1.807, 2.05) is 0 Å². The molecule has 1 aliphatic rings. The van der Waals surface area contributed by atoms with E-state index < -0.39 is 5.97 Å². The number of carboxylic acids is 1. The van der Waals surface area contributed by atoms with E-state index in [0.29, 0.717) is 11.4 Å². The van der Waals surface area contributed by atoms with Gasteiger partial charge in [0.1, 0.15) is 5.75 Å². The average Bonchev–Trinajstić information content (AvgIpc) is 2.54. The maximum absolute atomic E-state index is 12.2. The number of amides is 1. The van der Waals surface area contributed by atoms with Crippen LogP contribution in [0.5, 0.6) is 5.75 Å². The third-order valence-electron chi connectivity index (χ3n) is 4.28. The monoisotopic (exact) mass is 305 g/mol. The van der Waals surface area contributed by atoms with Crippen LogP contribution in [0.2, 0.25) is 0 Å². The van der Waals surface area contributed by atoms with E-state index in [-0.39, 0.29) is 18.4 Å². The van der Waals surface area contributed by atoms with Gasteiger partial charge in [0.05, 0.1) is 0 Å². The van der Waals surface area contributed by atoms with Gasteiger partial charge in [-0.2, -0.15) is 0 Å². The van der Waals surface area contributed by atoms with Crippen LogP contribution in [-0.2, 0) is 9.59 Å². The molecular formula is C17H23NO4. The lowest BCUT2D eigenvalue weighted by Gasteiger charge is -2.26. The standard InChI is InChI=1S/C17H23NO4/c1-2-12-3-5-13(6-4-12)17(21)18-14-7-9-15(10-8-14)22-11-16(19)20/h7-10,12-13H,2-6,11H2,1H3,(H,18,21)(H,19,20). The maximum Gasteiger partial charge on any atom is 0.341 e. The first-order valence-electron chi connectivity index (χ1n) is 7.84. The van der Waals surface area contributed by atoms with Crippen LogP contribution >= 0.6 is 0 Å². The van der Waals surface area contributed by atoms with Gasteiger partial charge in [-0.05, 0) is 55.9 Å². The molecule has 2 rings (SSSR count). The Balaban J connectivity index is 1.83. The highest BCUT2D eigenvalue weighted by Crippen LogP contribution is 2.31. The summed E-state index contributed by atoms with van der Waals surface area (Å²) >= 11 is 0. The van der Waals surface area contributed by atoms with E-state index >= 15 is 0 Å². The van der Waals surface area contributed by atoms with Gasteiger partial charge in [-0.25, -0.2) is 4.79 Å². The molecule has 120 valence electrons. The highest BCUT2D eigenvalue weighted by atomic mass is 16.5. The number of carboxylic acid groups (broad SMARTS) is 1. The van der Waals surface area contributed by atoms with Gasteiger partial charge in [0, 0.05) is 11.6 Å². The Bertz CT molecular complexity index is 504. The molecule has 5 heteroatoms. The van der Waals surface area contributed by atoms with Crippen LogP contribution in [0.25, 0.3) is 0 Å². The van der Waals surface area contributed by atoms with Crippen molar-refractivity contribution in [2.24, 2.45) is 11.8 Å². The van der Waals surface area contributed by atoms with E-state index in [1.54, 1.807) is 24.3 Å². The molecule has 2 N–H and O–H groups in total. The van der Waals surface area contributed by atoms with Crippen LogP contribution in [0.3, 0.4) is 0 Å². The van der Waals surface area contributed by atoms with Crippen molar-refractivity contribution in [3.05, 3.63) is 24.3 Å². The molecule has 22 heavy (non-hydrogen) atoms. The molecule has 0 aliphatic heterocycles. The molecule has 0 aromatic heterocycles. The van der Waals surface area contributed by atoms with Crippen LogP contribution in [0, 0.1) is 11.8 Å². The van der Waals surface area contributed by atoms with Crippen molar-refractivity contribution >= 4 is 17.6 Å². The molecule has 1 amide bonds. The van der Waals surface area contributed by atoms with Crippen molar-refractivity contribution in [1.82, 2.24) is 0 Å². The molecule has 0 atom stereocenters. The quantitative estimate of drug-likeness (QED) is 0.845. The number of aliphatic carboxylic acids is 1. The van der Waals surface area contributed by atoms with E-state index in [1.165, 1.54) is 6.42 Å². The summed E-state index contributed by atoms with van der Waals surface area (Å²) in [4.78, 5) is 22.7. The first kappa shape index (κ1) is 16.3. The third kappa shape index (κ3) is 4.76. The predicted molar refractivity (Wildman–Crippen MR) is 83.9 cm³/mol. The molecule has 1 aromatic rings. The lowest BCUT2D eigenvalue weighted by atomic mass is 9.80. The Kier molecular flexibility index (Phi) is 5.81. The second-order valence-corrected chi connectivity index (χ2v) is 5.82. The van der Waals surface area contributed by atoms with Crippen molar-refractivity contribution < 1.29 is 19.4 Å². The number of hydrogen-bond acceptors (Lipinski definition) is 3. The van der Waals surface area contributed by atoms with E-state index in [2.05, 4.69) is 12.2 Å². The molecule has 0 bridgehead atoms. The van der Waals surface area contributed by atoms with E-state index in [4.69, 9.17) is 9.84 Å². The molecule has 0 unspecified atom stereocenters. The van der Waals surface area contributed by atoms with Crippen LogP contribution in [0.4, 0.5) is 5.69 Å². The van der Waals surface area contributed by atoms with Crippen molar-refractivity contribution in [2.75, 3.05) is 11.9 Å². The summed E-state index contributed by atoms with van der Waals surface area (Å²) < 4.78 is 5.06. The Morgan fingerprint density at radius 1 is 1.18 bits per heavy atom. The van der Waals surface area contributed by atoms with Crippen LogP contribution < -0.4 is 10.1 Å². The highest BCUT2D eigenvalue weighted by molar-refractivity contribution is 5.92. The van der Waals surface area contributed by atoms with Gasteiger partial charge in [-0.15, -0.1) is 0 Å². The molecule has 0 heterocycles.